The average molecular weight is 597 g/mol. The summed E-state index contributed by atoms with van der Waals surface area (Å²) in [6, 6.07) is 0. The summed E-state index contributed by atoms with van der Waals surface area (Å²) in [5.41, 5.74) is -1.28. The van der Waals surface area contributed by atoms with E-state index in [9.17, 15) is 28.8 Å². The molecule has 0 N–H and O–H groups in total. The zero-order chi connectivity index (χ0) is 30.3. The van der Waals surface area contributed by atoms with Crippen LogP contribution in [0.5, 0.6) is 0 Å². The van der Waals surface area contributed by atoms with E-state index in [0.29, 0.717) is 0 Å². The molecule has 2 rings (SSSR count). The van der Waals surface area contributed by atoms with Gasteiger partial charge in [-0.1, -0.05) is 11.6 Å². The molecule has 226 valence electrons. The molecule has 0 spiro atoms. The maximum atomic E-state index is 12.1. The average Bonchev–Trinajstić information content (AvgIpc) is 2.80. The largest absolute Gasteiger partial charge is 0.463 e. The summed E-state index contributed by atoms with van der Waals surface area (Å²) in [4.78, 5) is 71.4. The van der Waals surface area contributed by atoms with Gasteiger partial charge in [0.25, 0.3) is 0 Å². The second-order valence-electron chi connectivity index (χ2n) is 9.01. The van der Waals surface area contributed by atoms with Gasteiger partial charge in [-0.2, -0.15) is 0 Å². The normalized spacial score (nSPS) is 33.6. The van der Waals surface area contributed by atoms with E-state index in [1.165, 1.54) is 6.92 Å². The maximum Gasteiger partial charge on any atom is 0.303 e. The SMILES string of the molecule is CC(=O)OCC1O[C@H](OC2C(OC(C)=O)[C@H](Cl)OC(C)[C@@H]2OC(C)=O)C(OC(C)=O)C(OC(C)=O)[C@@H]1OC(C)=O. The molecule has 2 fully saturated rings. The molecule has 0 saturated carbocycles. The van der Waals surface area contributed by atoms with Gasteiger partial charge in [-0.3, -0.25) is 28.8 Å². The molecule has 0 aromatic heterocycles. The van der Waals surface area contributed by atoms with Gasteiger partial charge in [0.1, 0.15) is 18.8 Å². The third-order valence-electron chi connectivity index (χ3n) is 5.56. The lowest BCUT2D eigenvalue weighted by molar-refractivity contribution is -0.339. The summed E-state index contributed by atoms with van der Waals surface area (Å²) in [6.45, 7) is 7.59. The molecule has 2 saturated heterocycles. The molecular formula is C24H33ClO15. The molecule has 40 heavy (non-hydrogen) atoms. The van der Waals surface area contributed by atoms with Gasteiger partial charge in [-0.15, -0.1) is 0 Å². The number of hydrogen-bond donors (Lipinski definition) is 0. The van der Waals surface area contributed by atoms with E-state index >= 15 is 0 Å². The Morgan fingerprint density at radius 2 is 1.02 bits per heavy atom. The summed E-state index contributed by atoms with van der Waals surface area (Å²) in [7, 11) is 0. The quantitative estimate of drug-likeness (QED) is 0.201. The van der Waals surface area contributed by atoms with Crippen LogP contribution in [-0.2, 0) is 71.4 Å². The van der Waals surface area contributed by atoms with Crippen LogP contribution in [0.3, 0.4) is 0 Å². The van der Waals surface area contributed by atoms with Crippen molar-refractivity contribution in [3.05, 3.63) is 0 Å². The lowest BCUT2D eigenvalue weighted by atomic mass is 9.96. The van der Waals surface area contributed by atoms with Gasteiger partial charge < -0.3 is 42.6 Å². The fourth-order valence-corrected chi connectivity index (χ4v) is 4.59. The molecule has 6 unspecified atom stereocenters. The molecule has 2 aliphatic rings. The molecular weight excluding hydrogens is 564 g/mol. The molecule has 0 aliphatic carbocycles. The third-order valence-corrected chi connectivity index (χ3v) is 5.91. The van der Waals surface area contributed by atoms with E-state index < -0.39 is 103 Å². The van der Waals surface area contributed by atoms with E-state index in [4.69, 9.17) is 54.2 Å². The van der Waals surface area contributed by atoms with Crippen LogP contribution in [0.25, 0.3) is 0 Å². The minimum absolute atomic E-state index is 0.499. The Labute approximate surface area is 234 Å². The fourth-order valence-electron chi connectivity index (χ4n) is 4.24. The Balaban J connectivity index is 2.60. The van der Waals surface area contributed by atoms with Gasteiger partial charge in [0, 0.05) is 41.5 Å². The van der Waals surface area contributed by atoms with Crippen LogP contribution < -0.4 is 0 Å². The molecule has 16 heteroatoms. The molecule has 2 aliphatic heterocycles. The summed E-state index contributed by atoms with van der Waals surface area (Å²) in [5, 5.41) is 0. The van der Waals surface area contributed by atoms with Crippen LogP contribution >= 0.6 is 11.6 Å². The summed E-state index contributed by atoms with van der Waals surface area (Å²) in [6.07, 6.45) is -12.3. The fraction of sp³-hybridized carbons (Fsp3) is 0.750. The molecule has 2 heterocycles. The van der Waals surface area contributed by atoms with Crippen LogP contribution in [0.1, 0.15) is 48.5 Å². The standard InChI is InChI=1S/C24H33ClO15/c1-9-17(34-11(3)27)19(21(23(25)33-9)37-14(6)30)40-24-22(38-15(7)31)20(36-13(5)29)18(35-12(4)28)16(39-24)8-32-10(2)26/h9,16-24H,8H2,1-7H3/t9?,16?,17-,18+,19?,20?,21?,22?,23+,24+/m0/s1. The molecule has 0 aromatic rings. The minimum atomic E-state index is -1.66. The number of ether oxygens (including phenoxy) is 9. The van der Waals surface area contributed by atoms with E-state index in [1.807, 2.05) is 0 Å². The van der Waals surface area contributed by atoms with Gasteiger partial charge in [0.05, 0.1) is 6.10 Å². The maximum absolute atomic E-state index is 12.1. The van der Waals surface area contributed by atoms with Gasteiger partial charge >= 0.3 is 35.8 Å². The van der Waals surface area contributed by atoms with Crippen molar-refractivity contribution in [3.8, 4) is 0 Å². The summed E-state index contributed by atoms with van der Waals surface area (Å²) >= 11 is 6.32. The number of carbonyl (C=O) groups is 6. The van der Waals surface area contributed by atoms with Crippen LogP contribution in [0, 0.1) is 0 Å². The Morgan fingerprint density at radius 3 is 1.52 bits per heavy atom. The molecule has 0 bridgehead atoms. The first-order valence-corrected chi connectivity index (χ1v) is 12.6. The first-order valence-electron chi connectivity index (χ1n) is 12.2. The van der Waals surface area contributed by atoms with Crippen molar-refractivity contribution in [2.45, 2.75) is 109 Å². The van der Waals surface area contributed by atoms with Crippen molar-refractivity contribution in [2.24, 2.45) is 0 Å². The molecule has 0 radical (unpaired) electrons. The predicted octanol–water partition coefficient (Wildman–Crippen LogP) is 0.302. The first kappa shape index (κ1) is 33.2. The lowest BCUT2D eigenvalue weighted by Gasteiger charge is -2.48. The molecule has 10 atom stereocenters. The number of esters is 6. The van der Waals surface area contributed by atoms with Crippen molar-refractivity contribution in [2.75, 3.05) is 6.61 Å². The number of carbonyl (C=O) groups excluding carboxylic acids is 6. The van der Waals surface area contributed by atoms with Gasteiger partial charge in [-0.25, -0.2) is 0 Å². The van der Waals surface area contributed by atoms with Crippen LogP contribution in [0.15, 0.2) is 0 Å². The van der Waals surface area contributed by atoms with Crippen molar-refractivity contribution in [3.63, 3.8) is 0 Å². The lowest BCUT2D eigenvalue weighted by Crippen LogP contribution is -2.66. The number of rotatable bonds is 9. The highest BCUT2D eigenvalue weighted by Crippen LogP contribution is 2.35. The third kappa shape index (κ3) is 9.28. The Morgan fingerprint density at radius 1 is 0.575 bits per heavy atom. The van der Waals surface area contributed by atoms with E-state index in [2.05, 4.69) is 0 Å². The van der Waals surface area contributed by atoms with Crippen molar-refractivity contribution in [1.29, 1.82) is 0 Å². The Bertz CT molecular complexity index is 942. The van der Waals surface area contributed by atoms with Crippen molar-refractivity contribution < 1.29 is 71.4 Å². The minimum Gasteiger partial charge on any atom is -0.463 e. The zero-order valence-electron chi connectivity index (χ0n) is 23.0. The van der Waals surface area contributed by atoms with E-state index in [1.54, 1.807) is 0 Å². The highest BCUT2D eigenvalue weighted by Gasteiger charge is 2.56. The topological polar surface area (TPSA) is 185 Å². The zero-order valence-corrected chi connectivity index (χ0v) is 23.7. The molecule has 0 aromatic carbocycles. The van der Waals surface area contributed by atoms with Crippen LogP contribution in [0.2, 0.25) is 0 Å². The van der Waals surface area contributed by atoms with E-state index in [0.717, 1.165) is 41.5 Å². The first-order chi connectivity index (χ1) is 18.6. The second-order valence-corrected chi connectivity index (χ2v) is 9.44. The number of alkyl halides is 1. The van der Waals surface area contributed by atoms with Gasteiger partial charge in [0.15, 0.2) is 42.4 Å². The highest BCUT2D eigenvalue weighted by molar-refractivity contribution is 6.20. The number of hydrogen-bond acceptors (Lipinski definition) is 15. The second kappa shape index (κ2) is 14.6. The Hall–Kier alpha value is -3.01. The molecule has 15 nitrogen and oxygen atoms in total. The monoisotopic (exact) mass is 596 g/mol. The summed E-state index contributed by atoms with van der Waals surface area (Å²) < 4.78 is 49.5. The van der Waals surface area contributed by atoms with Crippen LogP contribution in [-0.4, -0.2) is 103 Å². The van der Waals surface area contributed by atoms with Crippen molar-refractivity contribution >= 4 is 47.4 Å². The highest BCUT2D eigenvalue weighted by atomic mass is 35.5. The van der Waals surface area contributed by atoms with Crippen LogP contribution in [0.4, 0.5) is 0 Å². The predicted molar refractivity (Wildman–Crippen MR) is 128 cm³/mol. The van der Waals surface area contributed by atoms with E-state index in [-0.39, 0.29) is 0 Å². The molecule has 0 amide bonds. The van der Waals surface area contributed by atoms with Gasteiger partial charge in [0.2, 0.25) is 0 Å². The summed E-state index contributed by atoms with van der Waals surface area (Å²) in [5.74, 6) is -4.73. The van der Waals surface area contributed by atoms with Crippen molar-refractivity contribution in [1.82, 2.24) is 0 Å². The van der Waals surface area contributed by atoms with Gasteiger partial charge in [-0.05, 0) is 6.92 Å². The Kier molecular flexibility index (Phi) is 12.1. The smallest absolute Gasteiger partial charge is 0.303 e. The number of halogens is 1.